The highest BCUT2D eigenvalue weighted by Gasteiger charge is 2.29. The topological polar surface area (TPSA) is 119 Å². The maximum absolute atomic E-state index is 12.7. The Balaban J connectivity index is 1.39. The van der Waals surface area contributed by atoms with E-state index in [2.05, 4.69) is 32.1 Å². The minimum Gasteiger partial charge on any atom is -0.493 e. The number of hydrogen-bond donors (Lipinski definition) is 2. The molecule has 0 spiro atoms. The first kappa shape index (κ1) is 20.9. The molecule has 2 amide bonds. The predicted molar refractivity (Wildman–Crippen MR) is 120 cm³/mol. The summed E-state index contributed by atoms with van der Waals surface area (Å²) in [6, 6.07) is 5.54. The lowest BCUT2D eigenvalue weighted by molar-refractivity contribution is 0.186. The minimum atomic E-state index is -0.109. The van der Waals surface area contributed by atoms with E-state index in [-0.39, 0.29) is 18.0 Å². The van der Waals surface area contributed by atoms with Crippen molar-refractivity contribution in [2.24, 2.45) is 0 Å². The molecular weight excluding hydrogens is 418 g/mol. The van der Waals surface area contributed by atoms with Crippen molar-refractivity contribution >= 4 is 39.5 Å². The first-order valence-corrected chi connectivity index (χ1v) is 10.7. The molecule has 2 aromatic heterocycles. The van der Waals surface area contributed by atoms with Crippen LogP contribution in [-0.4, -0.2) is 65.8 Å². The van der Waals surface area contributed by atoms with Gasteiger partial charge >= 0.3 is 6.03 Å². The summed E-state index contributed by atoms with van der Waals surface area (Å²) >= 11 is 1.44. The molecule has 1 saturated heterocycles. The predicted octanol–water partition coefficient (Wildman–Crippen LogP) is 2.11. The van der Waals surface area contributed by atoms with Crippen LogP contribution in [0.15, 0.2) is 23.7 Å². The van der Waals surface area contributed by atoms with Gasteiger partial charge in [0.15, 0.2) is 22.1 Å². The summed E-state index contributed by atoms with van der Waals surface area (Å²) in [6.07, 6.45) is 0. The van der Waals surface area contributed by atoms with Gasteiger partial charge in [-0.3, -0.25) is 0 Å². The molecule has 3 N–H and O–H groups in total. The third kappa shape index (κ3) is 4.26. The van der Waals surface area contributed by atoms with Crippen molar-refractivity contribution in [3.05, 3.63) is 29.3 Å². The third-order valence-electron chi connectivity index (χ3n) is 5.28. The second-order valence-electron chi connectivity index (χ2n) is 7.25. The second kappa shape index (κ2) is 8.80. The molecule has 1 aliphatic rings. The van der Waals surface area contributed by atoms with E-state index >= 15 is 0 Å². The highest BCUT2D eigenvalue weighted by molar-refractivity contribution is 7.16. The summed E-state index contributed by atoms with van der Waals surface area (Å²) in [5.41, 5.74) is 9.30. The van der Waals surface area contributed by atoms with Crippen molar-refractivity contribution in [2.75, 3.05) is 44.5 Å². The third-order valence-corrected chi connectivity index (χ3v) is 5.99. The van der Waals surface area contributed by atoms with Crippen molar-refractivity contribution in [3.8, 4) is 11.5 Å². The molecule has 3 heterocycles. The van der Waals surface area contributed by atoms with Gasteiger partial charge in [-0.05, 0) is 24.6 Å². The molecule has 164 valence electrons. The summed E-state index contributed by atoms with van der Waals surface area (Å²) in [6.45, 7) is 4.22. The van der Waals surface area contributed by atoms with E-state index in [1.165, 1.54) is 11.3 Å². The number of ether oxygens (including phenoxy) is 2. The number of nitrogens with two attached hydrogens (primary N) is 1. The van der Waals surface area contributed by atoms with Gasteiger partial charge in [0, 0.05) is 32.2 Å². The number of aromatic nitrogens is 3. The molecule has 1 fully saturated rings. The average Bonchev–Trinajstić information content (AvgIpc) is 3.25. The standard InChI is InChI=1S/C20H25N7O3S/c1-12-10-26(20(28)22-9-13-4-5-14(29-2)15(8-13)30-3)6-7-27(12)17-16-18(31-11-23-16)25-19(21)24-17/h4-5,8,11-12H,6-7,9-10H2,1-3H3,(H,22,28)(H2,21,24,25). The number of carbonyl (C=O) groups is 1. The Morgan fingerprint density at radius 2 is 2.06 bits per heavy atom. The van der Waals surface area contributed by atoms with Crippen LogP contribution in [0.5, 0.6) is 11.5 Å². The molecule has 0 bridgehead atoms. The number of benzene rings is 1. The lowest BCUT2D eigenvalue weighted by Crippen LogP contribution is -2.56. The Morgan fingerprint density at radius 1 is 1.26 bits per heavy atom. The lowest BCUT2D eigenvalue weighted by atomic mass is 10.2. The number of thiazole rings is 1. The molecule has 4 rings (SSSR count). The van der Waals surface area contributed by atoms with Crippen LogP contribution in [0, 0.1) is 0 Å². The fourth-order valence-corrected chi connectivity index (χ4v) is 4.36. The van der Waals surface area contributed by atoms with Crippen molar-refractivity contribution in [3.63, 3.8) is 0 Å². The molecule has 0 saturated carbocycles. The Bertz CT molecular complexity index is 1090. The fraction of sp³-hybridized carbons (Fsp3) is 0.400. The minimum absolute atomic E-state index is 0.0554. The zero-order chi connectivity index (χ0) is 22.0. The summed E-state index contributed by atoms with van der Waals surface area (Å²) in [5.74, 6) is 2.24. The number of urea groups is 1. The molecule has 3 aromatic rings. The van der Waals surface area contributed by atoms with Gasteiger partial charge in [-0.1, -0.05) is 6.07 Å². The Morgan fingerprint density at radius 3 is 2.81 bits per heavy atom. The monoisotopic (exact) mass is 443 g/mol. The van der Waals surface area contributed by atoms with Crippen molar-refractivity contribution in [2.45, 2.75) is 19.5 Å². The van der Waals surface area contributed by atoms with Crippen LogP contribution in [0.2, 0.25) is 0 Å². The molecular formula is C20H25N7O3S. The molecule has 0 aliphatic carbocycles. The summed E-state index contributed by atoms with van der Waals surface area (Å²) in [7, 11) is 3.18. The van der Waals surface area contributed by atoms with E-state index in [0.29, 0.717) is 37.7 Å². The van der Waals surface area contributed by atoms with Gasteiger partial charge in [-0.2, -0.15) is 4.98 Å². The SMILES string of the molecule is COc1ccc(CNC(=O)N2CCN(c3nc(N)nc4scnc34)C(C)C2)cc1OC. The Kier molecular flexibility index (Phi) is 5.94. The summed E-state index contributed by atoms with van der Waals surface area (Å²) in [4.78, 5) is 30.5. The van der Waals surface area contributed by atoms with Gasteiger partial charge in [-0.25, -0.2) is 14.8 Å². The van der Waals surface area contributed by atoms with Crippen LogP contribution >= 0.6 is 11.3 Å². The number of rotatable bonds is 5. The lowest BCUT2D eigenvalue weighted by Gasteiger charge is -2.40. The molecule has 10 nitrogen and oxygen atoms in total. The first-order valence-electron chi connectivity index (χ1n) is 9.87. The van der Waals surface area contributed by atoms with E-state index in [9.17, 15) is 4.79 Å². The zero-order valence-corrected chi connectivity index (χ0v) is 18.5. The van der Waals surface area contributed by atoms with Crippen molar-refractivity contribution in [1.82, 2.24) is 25.2 Å². The van der Waals surface area contributed by atoms with Crippen LogP contribution in [0.1, 0.15) is 12.5 Å². The van der Waals surface area contributed by atoms with Crippen LogP contribution in [0.4, 0.5) is 16.6 Å². The number of nitrogen functional groups attached to an aromatic ring is 1. The molecule has 1 atom stereocenters. The molecule has 31 heavy (non-hydrogen) atoms. The van der Waals surface area contributed by atoms with Crippen LogP contribution in [-0.2, 0) is 6.54 Å². The van der Waals surface area contributed by atoms with Crippen LogP contribution in [0.25, 0.3) is 10.3 Å². The number of fused-ring (bicyclic) bond motifs is 1. The Labute approximate surface area is 184 Å². The molecule has 0 radical (unpaired) electrons. The van der Waals surface area contributed by atoms with E-state index in [0.717, 1.165) is 21.7 Å². The van der Waals surface area contributed by atoms with Gasteiger partial charge in [0.05, 0.1) is 19.7 Å². The number of nitrogens with zero attached hydrogens (tertiary/aromatic N) is 5. The molecule has 11 heteroatoms. The fourth-order valence-electron chi connectivity index (χ4n) is 3.70. The number of methoxy groups -OCH3 is 2. The second-order valence-corrected chi connectivity index (χ2v) is 8.08. The first-order chi connectivity index (χ1) is 15.0. The number of piperazine rings is 1. The van der Waals surface area contributed by atoms with Crippen LogP contribution < -0.4 is 25.4 Å². The van der Waals surface area contributed by atoms with Gasteiger partial charge in [-0.15, -0.1) is 11.3 Å². The number of hydrogen-bond acceptors (Lipinski definition) is 9. The Hall–Kier alpha value is -3.34. The normalized spacial score (nSPS) is 16.4. The van der Waals surface area contributed by atoms with Gasteiger partial charge in [0.2, 0.25) is 5.95 Å². The van der Waals surface area contributed by atoms with E-state index in [1.807, 2.05) is 23.1 Å². The largest absolute Gasteiger partial charge is 0.493 e. The number of nitrogens with one attached hydrogen (secondary N) is 1. The maximum Gasteiger partial charge on any atom is 0.317 e. The van der Waals surface area contributed by atoms with Crippen molar-refractivity contribution < 1.29 is 14.3 Å². The number of anilines is 2. The molecule has 1 aliphatic heterocycles. The number of carbonyl (C=O) groups excluding carboxylic acids is 1. The highest BCUT2D eigenvalue weighted by Crippen LogP contribution is 2.29. The maximum atomic E-state index is 12.7. The highest BCUT2D eigenvalue weighted by atomic mass is 32.1. The quantitative estimate of drug-likeness (QED) is 0.615. The number of amides is 2. The van der Waals surface area contributed by atoms with Crippen LogP contribution in [0.3, 0.4) is 0 Å². The van der Waals surface area contributed by atoms with E-state index < -0.39 is 0 Å². The molecule has 1 unspecified atom stereocenters. The summed E-state index contributed by atoms with van der Waals surface area (Å²) in [5, 5.41) is 2.98. The van der Waals surface area contributed by atoms with Gasteiger partial charge < -0.3 is 30.3 Å². The van der Waals surface area contributed by atoms with E-state index in [1.54, 1.807) is 19.7 Å². The van der Waals surface area contributed by atoms with E-state index in [4.69, 9.17) is 15.2 Å². The average molecular weight is 444 g/mol. The van der Waals surface area contributed by atoms with Crippen molar-refractivity contribution in [1.29, 1.82) is 0 Å². The van der Waals surface area contributed by atoms with Gasteiger partial charge in [0.1, 0.15) is 5.52 Å². The zero-order valence-electron chi connectivity index (χ0n) is 17.7. The van der Waals surface area contributed by atoms with Gasteiger partial charge in [0.25, 0.3) is 0 Å². The summed E-state index contributed by atoms with van der Waals surface area (Å²) < 4.78 is 10.6. The smallest absolute Gasteiger partial charge is 0.317 e. The molecule has 1 aromatic carbocycles.